The van der Waals surface area contributed by atoms with Gasteiger partial charge in [-0.15, -0.1) is 0 Å². The minimum Gasteiger partial charge on any atom is -0.462 e. The Kier molecular flexibility index (Phi) is 3.34. The molecule has 0 aromatic heterocycles. The molecule has 2 aliphatic heterocycles. The number of fused-ring (bicyclic) bond motifs is 2. The molecule has 0 radical (unpaired) electrons. The van der Waals surface area contributed by atoms with Gasteiger partial charge in [0, 0.05) is 32.0 Å². The number of nitrogens with zero attached hydrogens (tertiary/aromatic N) is 1. The third-order valence-electron chi connectivity index (χ3n) is 6.85. The highest BCUT2D eigenvalue weighted by atomic mass is 16.6. The molecule has 8 atom stereocenters. The normalized spacial score (nSPS) is 54.5. The summed E-state index contributed by atoms with van der Waals surface area (Å²) in [6.07, 6.45) is 1.12. The maximum absolute atomic E-state index is 12.3. The number of rotatable bonds is 2. The van der Waals surface area contributed by atoms with Crippen LogP contribution in [0.3, 0.4) is 0 Å². The van der Waals surface area contributed by atoms with Gasteiger partial charge < -0.3 is 14.9 Å². The van der Waals surface area contributed by atoms with Crippen LogP contribution in [0.2, 0.25) is 0 Å². The maximum atomic E-state index is 12.3. The first-order chi connectivity index (χ1) is 10.4. The van der Waals surface area contributed by atoms with Gasteiger partial charge in [-0.3, -0.25) is 9.69 Å². The predicted molar refractivity (Wildman–Crippen MR) is 79.9 cm³/mol. The topological polar surface area (TPSA) is 69.8 Å². The summed E-state index contributed by atoms with van der Waals surface area (Å²) in [7, 11) is 0. The van der Waals surface area contributed by atoms with Crippen molar-refractivity contribution >= 4 is 5.97 Å². The average Bonchev–Trinajstić information content (AvgIpc) is 3.17. The number of aliphatic hydroxyl groups excluding tert-OH is 2. The van der Waals surface area contributed by atoms with E-state index in [4.69, 9.17) is 4.74 Å². The van der Waals surface area contributed by atoms with Gasteiger partial charge in [0.15, 0.2) is 0 Å². The van der Waals surface area contributed by atoms with E-state index in [0.717, 1.165) is 32.5 Å². The van der Waals surface area contributed by atoms with Crippen LogP contribution in [0, 0.1) is 29.1 Å². The number of aliphatic hydroxyl groups is 2. The van der Waals surface area contributed by atoms with Crippen molar-refractivity contribution in [2.75, 3.05) is 19.6 Å². The van der Waals surface area contributed by atoms with Crippen LogP contribution in [0.4, 0.5) is 0 Å². The Morgan fingerprint density at radius 1 is 1.32 bits per heavy atom. The summed E-state index contributed by atoms with van der Waals surface area (Å²) >= 11 is 0. The van der Waals surface area contributed by atoms with Crippen molar-refractivity contribution in [1.29, 1.82) is 0 Å². The highest BCUT2D eigenvalue weighted by Crippen LogP contribution is 2.57. The molecule has 22 heavy (non-hydrogen) atoms. The van der Waals surface area contributed by atoms with E-state index in [0.29, 0.717) is 6.42 Å². The van der Waals surface area contributed by atoms with Crippen LogP contribution in [0.15, 0.2) is 0 Å². The summed E-state index contributed by atoms with van der Waals surface area (Å²) in [5.74, 6) is 0.448. The monoisotopic (exact) mass is 309 g/mol. The minimum atomic E-state index is -0.480. The number of carbonyl (C=O) groups excluding carboxylic acids is 1. The molecule has 2 saturated carbocycles. The van der Waals surface area contributed by atoms with E-state index in [1.807, 2.05) is 0 Å². The van der Waals surface area contributed by atoms with E-state index in [9.17, 15) is 15.0 Å². The Labute approximate surface area is 131 Å². The smallest absolute Gasteiger partial charge is 0.310 e. The summed E-state index contributed by atoms with van der Waals surface area (Å²) in [5.41, 5.74) is -0.302. The van der Waals surface area contributed by atoms with Gasteiger partial charge in [-0.25, -0.2) is 0 Å². The molecule has 5 nitrogen and oxygen atoms in total. The molecule has 5 heteroatoms. The van der Waals surface area contributed by atoms with Gasteiger partial charge in [0.1, 0.15) is 6.10 Å². The van der Waals surface area contributed by atoms with Gasteiger partial charge in [-0.2, -0.15) is 0 Å². The highest BCUT2D eigenvalue weighted by molar-refractivity contribution is 5.75. The van der Waals surface area contributed by atoms with Crippen molar-refractivity contribution < 1.29 is 19.7 Å². The number of esters is 1. The van der Waals surface area contributed by atoms with Crippen LogP contribution in [0.25, 0.3) is 0 Å². The van der Waals surface area contributed by atoms with E-state index >= 15 is 0 Å². The van der Waals surface area contributed by atoms with Crippen LogP contribution in [0.5, 0.6) is 0 Å². The van der Waals surface area contributed by atoms with Crippen LogP contribution < -0.4 is 0 Å². The van der Waals surface area contributed by atoms with Gasteiger partial charge >= 0.3 is 5.97 Å². The van der Waals surface area contributed by atoms with Crippen molar-refractivity contribution in [3.8, 4) is 0 Å². The second kappa shape index (κ2) is 4.92. The molecule has 124 valence electrons. The molecule has 2 N–H and O–H groups in total. The van der Waals surface area contributed by atoms with E-state index in [1.165, 1.54) is 0 Å². The van der Waals surface area contributed by atoms with Crippen LogP contribution >= 0.6 is 0 Å². The third kappa shape index (κ3) is 2.13. The lowest BCUT2D eigenvalue weighted by Gasteiger charge is -2.38. The molecule has 4 rings (SSSR count). The van der Waals surface area contributed by atoms with E-state index in [-0.39, 0.29) is 41.2 Å². The minimum absolute atomic E-state index is 0.0331. The highest BCUT2D eigenvalue weighted by Gasteiger charge is 2.60. The number of hydrogen-bond donors (Lipinski definition) is 2. The first-order valence-corrected chi connectivity index (χ1v) is 8.69. The van der Waals surface area contributed by atoms with Gasteiger partial charge in [-0.1, -0.05) is 13.8 Å². The maximum Gasteiger partial charge on any atom is 0.310 e. The largest absolute Gasteiger partial charge is 0.462 e. The van der Waals surface area contributed by atoms with Crippen molar-refractivity contribution in [2.24, 2.45) is 29.1 Å². The molecular formula is C17H27NO4. The zero-order valence-electron chi connectivity index (χ0n) is 13.4. The lowest BCUT2D eigenvalue weighted by atomic mass is 9.68. The number of ether oxygens (including phenoxy) is 1. The Morgan fingerprint density at radius 3 is 2.73 bits per heavy atom. The van der Waals surface area contributed by atoms with Crippen LogP contribution in [-0.2, 0) is 9.53 Å². The van der Waals surface area contributed by atoms with Crippen molar-refractivity contribution in [2.45, 2.75) is 51.4 Å². The summed E-state index contributed by atoms with van der Waals surface area (Å²) in [6, 6.07) is 0. The Morgan fingerprint density at radius 2 is 2.05 bits per heavy atom. The SMILES string of the molecule is C[C@@H]1C[C@@H]2OC(=O)[C@@H](CN3CC3)[C@@H]2C[C@]2(C)[C@@H]1[C@H](O)C[C@@H]2O. The Bertz CT molecular complexity index is 479. The van der Waals surface area contributed by atoms with Gasteiger partial charge in [-0.05, 0) is 30.1 Å². The molecule has 0 amide bonds. The Hall–Kier alpha value is -0.650. The van der Waals surface area contributed by atoms with Crippen LogP contribution in [0.1, 0.15) is 33.1 Å². The number of carbonyl (C=O) groups is 1. The number of hydrogen-bond acceptors (Lipinski definition) is 5. The molecule has 0 unspecified atom stereocenters. The quantitative estimate of drug-likeness (QED) is 0.579. The molecular weight excluding hydrogens is 282 g/mol. The van der Waals surface area contributed by atoms with Gasteiger partial charge in [0.2, 0.25) is 0 Å². The summed E-state index contributed by atoms with van der Waals surface area (Å²) < 4.78 is 5.71. The zero-order chi connectivity index (χ0) is 15.6. The summed E-state index contributed by atoms with van der Waals surface area (Å²) in [6.45, 7) is 7.21. The lowest BCUT2D eigenvalue weighted by Crippen LogP contribution is -2.39. The van der Waals surface area contributed by atoms with Crippen molar-refractivity contribution in [3.05, 3.63) is 0 Å². The first kappa shape index (κ1) is 14.9. The zero-order valence-corrected chi connectivity index (χ0v) is 13.4. The summed E-state index contributed by atoms with van der Waals surface area (Å²) in [5, 5.41) is 21.0. The van der Waals surface area contributed by atoms with Crippen molar-refractivity contribution in [1.82, 2.24) is 4.90 Å². The molecule has 4 aliphatic rings. The predicted octanol–water partition coefficient (Wildman–Crippen LogP) is 0.638. The van der Waals surface area contributed by atoms with Gasteiger partial charge in [0.25, 0.3) is 0 Å². The molecule has 2 aliphatic carbocycles. The first-order valence-electron chi connectivity index (χ1n) is 8.69. The van der Waals surface area contributed by atoms with E-state index in [2.05, 4.69) is 18.7 Å². The van der Waals surface area contributed by atoms with E-state index < -0.39 is 12.2 Å². The standard InChI is InChI=1S/C17H27NO4/c1-9-5-13-10(11(16(21)22-13)8-18-3-4-18)7-17(2)14(20)6-12(19)15(9)17/h9-15,19-20H,3-8H2,1-2H3/t9-,10+,11+,12-,13+,14+,15+,17+/m1/s1. The fourth-order valence-corrected chi connectivity index (χ4v) is 5.62. The second-order valence-corrected chi connectivity index (χ2v) is 8.31. The molecule has 0 spiro atoms. The van der Waals surface area contributed by atoms with Crippen molar-refractivity contribution in [3.63, 3.8) is 0 Å². The fraction of sp³-hybridized carbons (Fsp3) is 0.941. The van der Waals surface area contributed by atoms with Crippen LogP contribution in [-0.4, -0.2) is 59.0 Å². The molecule has 0 bridgehead atoms. The molecule has 2 heterocycles. The fourth-order valence-electron chi connectivity index (χ4n) is 5.62. The second-order valence-electron chi connectivity index (χ2n) is 8.31. The third-order valence-corrected chi connectivity index (χ3v) is 6.85. The average molecular weight is 309 g/mol. The molecule has 0 aromatic rings. The molecule has 0 aromatic carbocycles. The van der Waals surface area contributed by atoms with E-state index in [1.54, 1.807) is 0 Å². The summed E-state index contributed by atoms with van der Waals surface area (Å²) in [4.78, 5) is 14.6. The lowest BCUT2D eigenvalue weighted by molar-refractivity contribution is -0.145. The molecule has 4 fully saturated rings. The molecule has 2 saturated heterocycles. The Balaban J connectivity index is 1.64. The van der Waals surface area contributed by atoms with Gasteiger partial charge in [0.05, 0.1) is 18.1 Å².